The summed E-state index contributed by atoms with van der Waals surface area (Å²) in [4.78, 5) is 1.08. The van der Waals surface area contributed by atoms with Gasteiger partial charge in [0.2, 0.25) is 0 Å². The van der Waals surface area contributed by atoms with Gasteiger partial charge in [-0.2, -0.15) is 0 Å². The van der Waals surface area contributed by atoms with Crippen molar-refractivity contribution in [1.29, 1.82) is 0 Å². The van der Waals surface area contributed by atoms with E-state index in [1.807, 2.05) is 0 Å². The molecule has 0 aliphatic heterocycles. The fourth-order valence-corrected chi connectivity index (χ4v) is 7.32. The lowest BCUT2D eigenvalue weighted by atomic mass is 9.61. The van der Waals surface area contributed by atoms with Crippen LogP contribution >= 0.6 is 12.6 Å². The third kappa shape index (κ3) is 4.60. The van der Waals surface area contributed by atoms with E-state index in [1.165, 1.54) is 63.4 Å². The summed E-state index contributed by atoms with van der Waals surface area (Å²) in [5.74, 6) is 4.16. The number of hydrogen-bond acceptors (Lipinski definition) is 1. The Hall–Kier alpha value is -0.430. The van der Waals surface area contributed by atoms with Gasteiger partial charge < -0.3 is 0 Å². The van der Waals surface area contributed by atoms with Gasteiger partial charge in [-0.05, 0) is 111 Å². The highest BCUT2D eigenvalue weighted by Crippen LogP contribution is 2.56. The monoisotopic (exact) mass is 384 g/mol. The van der Waals surface area contributed by atoms with Crippen LogP contribution in [0.1, 0.15) is 96.0 Å². The number of rotatable bonds is 5. The van der Waals surface area contributed by atoms with Crippen molar-refractivity contribution in [2.24, 2.45) is 29.1 Å². The molecule has 150 valence electrons. The fourth-order valence-electron chi connectivity index (χ4n) is 7.17. The molecule has 0 heterocycles. The fraction of sp³-hybridized carbons (Fsp3) is 0.769. The van der Waals surface area contributed by atoms with Crippen LogP contribution < -0.4 is 0 Å². The van der Waals surface area contributed by atoms with Crippen LogP contribution in [0.15, 0.2) is 29.2 Å². The van der Waals surface area contributed by atoms with Crippen molar-refractivity contribution >= 4 is 12.6 Å². The van der Waals surface area contributed by atoms with E-state index in [0.29, 0.717) is 0 Å². The van der Waals surface area contributed by atoms with Crippen molar-refractivity contribution < 1.29 is 0 Å². The number of hydrogen-bond donors (Lipinski definition) is 1. The first-order valence-corrected chi connectivity index (χ1v) is 12.4. The summed E-state index contributed by atoms with van der Waals surface area (Å²) in [6, 6.07) is 8.80. The summed E-state index contributed by atoms with van der Waals surface area (Å²) in [5.41, 5.74) is 2.28. The SMILES string of the molecule is CCC1CCCC12CCC(C1CCC(CCc3ccc(S)cc3)CC1)CC2. The highest BCUT2D eigenvalue weighted by Gasteiger charge is 2.45. The molecule has 0 N–H and O–H groups in total. The van der Waals surface area contributed by atoms with Gasteiger partial charge in [0.05, 0.1) is 0 Å². The number of thiol groups is 1. The quantitative estimate of drug-likeness (QED) is 0.487. The van der Waals surface area contributed by atoms with Gasteiger partial charge in [-0.1, -0.05) is 44.7 Å². The van der Waals surface area contributed by atoms with Crippen LogP contribution in [0.25, 0.3) is 0 Å². The molecule has 0 radical (unpaired) electrons. The second-order valence-electron chi connectivity index (χ2n) is 10.2. The van der Waals surface area contributed by atoms with Crippen molar-refractivity contribution in [3.8, 4) is 0 Å². The molecule has 3 fully saturated rings. The van der Waals surface area contributed by atoms with Crippen LogP contribution in [0, 0.1) is 29.1 Å². The standard InChI is InChI=1S/C26H40S/c1-2-24-4-3-17-26(24)18-15-23(16-19-26)22-11-7-20(8-12-22)5-6-21-9-13-25(27)14-10-21/h9-10,13-14,20,22-24,27H,2-8,11-12,15-19H2,1H3. The van der Waals surface area contributed by atoms with E-state index < -0.39 is 0 Å². The largest absolute Gasteiger partial charge is 0.143 e. The van der Waals surface area contributed by atoms with E-state index in [0.717, 1.165) is 34.0 Å². The molecule has 0 amide bonds. The lowest BCUT2D eigenvalue weighted by Crippen LogP contribution is -2.34. The zero-order chi connectivity index (χ0) is 18.7. The van der Waals surface area contributed by atoms with Crippen LogP contribution in [-0.2, 0) is 6.42 Å². The van der Waals surface area contributed by atoms with Gasteiger partial charge in [-0.3, -0.25) is 0 Å². The van der Waals surface area contributed by atoms with Gasteiger partial charge in [-0.15, -0.1) is 12.6 Å². The first kappa shape index (κ1) is 19.9. The molecule has 0 nitrogen and oxygen atoms in total. The molecule has 3 saturated carbocycles. The molecular formula is C26H40S. The van der Waals surface area contributed by atoms with Crippen molar-refractivity contribution in [1.82, 2.24) is 0 Å². The van der Waals surface area contributed by atoms with E-state index in [4.69, 9.17) is 0 Å². The maximum Gasteiger partial charge on any atom is 0.00401 e. The molecule has 3 aliphatic carbocycles. The number of aryl methyl sites for hydroxylation is 1. The zero-order valence-electron chi connectivity index (χ0n) is 17.5. The smallest absolute Gasteiger partial charge is 0.00401 e. The second-order valence-corrected chi connectivity index (χ2v) is 10.7. The van der Waals surface area contributed by atoms with Gasteiger partial charge in [0.15, 0.2) is 0 Å². The molecule has 1 atom stereocenters. The van der Waals surface area contributed by atoms with Crippen molar-refractivity contribution in [2.45, 2.75) is 102 Å². The van der Waals surface area contributed by atoms with Crippen LogP contribution in [0.3, 0.4) is 0 Å². The van der Waals surface area contributed by atoms with E-state index in [-0.39, 0.29) is 0 Å². The Bertz CT molecular complexity index is 573. The Morgan fingerprint density at radius 2 is 1.52 bits per heavy atom. The topological polar surface area (TPSA) is 0 Å². The van der Waals surface area contributed by atoms with Crippen molar-refractivity contribution in [3.05, 3.63) is 29.8 Å². The Kier molecular flexibility index (Phi) is 6.57. The molecule has 1 aromatic rings. The van der Waals surface area contributed by atoms with Crippen molar-refractivity contribution in [2.75, 3.05) is 0 Å². The van der Waals surface area contributed by atoms with Crippen LogP contribution in [0.2, 0.25) is 0 Å². The van der Waals surface area contributed by atoms with Crippen LogP contribution in [0.5, 0.6) is 0 Å². The number of benzene rings is 1. The van der Waals surface area contributed by atoms with Gasteiger partial charge >= 0.3 is 0 Å². The summed E-state index contributed by atoms with van der Waals surface area (Å²) in [6.45, 7) is 2.44. The molecule has 3 aliphatic rings. The third-order valence-electron chi connectivity index (χ3n) is 8.95. The maximum atomic E-state index is 4.40. The lowest BCUT2D eigenvalue weighted by molar-refractivity contribution is 0.0614. The minimum Gasteiger partial charge on any atom is -0.143 e. The van der Waals surface area contributed by atoms with Crippen molar-refractivity contribution in [3.63, 3.8) is 0 Å². The molecule has 1 aromatic carbocycles. The van der Waals surface area contributed by atoms with Crippen LogP contribution in [-0.4, -0.2) is 0 Å². The molecule has 4 rings (SSSR count). The van der Waals surface area contributed by atoms with Crippen LogP contribution in [0.4, 0.5) is 0 Å². The molecule has 0 aromatic heterocycles. The Labute approximate surface area is 173 Å². The predicted molar refractivity (Wildman–Crippen MR) is 119 cm³/mol. The molecule has 1 unspecified atom stereocenters. The van der Waals surface area contributed by atoms with Gasteiger partial charge in [0.25, 0.3) is 0 Å². The Morgan fingerprint density at radius 1 is 0.852 bits per heavy atom. The van der Waals surface area contributed by atoms with Gasteiger partial charge in [-0.25, -0.2) is 0 Å². The van der Waals surface area contributed by atoms with E-state index in [9.17, 15) is 0 Å². The Balaban J connectivity index is 1.20. The minimum absolute atomic E-state index is 0.783. The summed E-state index contributed by atoms with van der Waals surface area (Å²) in [5, 5.41) is 0. The molecule has 27 heavy (non-hydrogen) atoms. The zero-order valence-corrected chi connectivity index (χ0v) is 18.4. The molecule has 1 spiro atoms. The lowest BCUT2D eigenvalue weighted by Gasteiger charge is -2.45. The normalized spacial score (nSPS) is 37.0. The predicted octanol–water partition coefficient (Wildman–Crippen LogP) is 8.10. The summed E-state index contributed by atoms with van der Waals surface area (Å²) >= 11 is 4.40. The maximum absolute atomic E-state index is 4.40. The van der Waals surface area contributed by atoms with E-state index >= 15 is 0 Å². The summed E-state index contributed by atoms with van der Waals surface area (Å²) in [6.07, 6.45) is 21.0. The third-order valence-corrected chi connectivity index (χ3v) is 9.25. The first-order valence-electron chi connectivity index (χ1n) is 12.0. The average molecular weight is 385 g/mol. The summed E-state index contributed by atoms with van der Waals surface area (Å²) < 4.78 is 0. The summed E-state index contributed by atoms with van der Waals surface area (Å²) in [7, 11) is 0. The minimum atomic E-state index is 0.783. The van der Waals surface area contributed by atoms with Gasteiger partial charge in [0.1, 0.15) is 0 Å². The van der Waals surface area contributed by atoms with Gasteiger partial charge in [0, 0.05) is 4.90 Å². The van der Waals surface area contributed by atoms with E-state index in [2.05, 4.69) is 43.8 Å². The highest BCUT2D eigenvalue weighted by atomic mass is 32.1. The molecule has 1 heteroatoms. The second kappa shape index (κ2) is 8.93. The molecular weight excluding hydrogens is 344 g/mol. The first-order chi connectivity index (χ1) is 13.2. The molecule has 0 bridgehead atoms. The highest BCUT2D eigenvalue weighted by molar-refractivity contribution is 7.80. The van der Waals surface area contributed by atoms with E-state index in [1.54, 1.807) is 32.1 Å². The molecule has 0 saturated heterocycles. The Morgan fingerprint density at radius 3 is 2.19 bits per heavy atom. The average Bonchev–Trinajstić information content (AvgIpc) is 3.11.